The van der Waals surface area contributed by atoms with Crippen molar-refractivity contribution in [2.75, 3.05) is 0 Å². The molecule has 0 aliphatic carbocycles. The summed E-state index contributed by atoms with van der Waals surface area (Å²) in [5, 5.41) is 0. The summed E-state index contributed by atoms with van der Waals surface area (Å²) in [4.78, 5) is 15.9. The summed E-state index contributed by atoms with van der Waals surface area (Å²) >= 11 is 0. The Hall–Kier alpha value is -4.76. The summed E-state index contributed by atoms with van der Waals surface area (Å²) in [6.45, 7) is 20.6. The Kier molecular flexibility index (Phi) is 9.07. The molecule has 3 nitrogen and oxygen atoms in total. The first-order valence-corrected chi connectivity index (χ1v) is 19.9. The van der Waals surface area contributed by atoms with Crippen LogP contribution in [0.3, 0.4) is 0 Å². The van der Waals surface area contributed by atoms with Crippen LogP contribution in [0.15, 0.2) is 127 Å². The van der Waals surface area contributed by atoms with Crippen molar-refractivity contribution in [2.24, 2.45) is 21.7 Å². The maximum absolute atomic E-state index is 5.34. The topological polar surface area (TPSA) is 38.7 Å². The minimum absolute atomic E-state index is 0.256. The van der Waals surface area contributed by atoms with Gasteiger partial charge in [0.05, 0.1) is 0 Å². The number of hydrogen-bond acceptors (Lipinski definition) is 3. The Labute approximate surface area is 324 Å². The molecule has 0 amide bonds. The summed E-state index contributed by atoms with van der Waals surface area (Å²) in [7, 11) is 0. The fourth-order valence-corrected chi connectivity index (χ4v) is 9.16. The molecule has 6 aromatic rings. The number of rotatable bonds is 7. The second kappa shape index (κ2) is 13.5. The molecule has 2 fully saturated rings. The summed E-state index contributed by atoms with van der Waals surface area (Å²) in [5.74, 6) is 2.12. The van der Waals surface area contributed by atoms with Gasteiger partial charge in [0.1, 0.15) is 0 Å². The molecule has 54 heavy (non-hydrogen) atoms. The van der Waals surface area contributed by atoms with E-state index in [4.69, 9.17) is 15.0 Å². The standard InChI is InChI=1S/C49H53B2N3/c1-46(2)30-50(31-47(46,3)4)41-27-40(28-42(29-41)51-32-48(5,6)49(7,8)33-51)45-53-43(38-23-15-21-36(25-38)34-17-11-9-12-18-34)52-44(54-45)39-24-16-22-37(26-39)35-19-13-10-14-20-35/h9-29H,30-33H2,1-8H3. The molecule has 0 radical (unpaired) electrons. The average Bonchev–Trinajstić information content (AvgIpc) is 3.54. The maximum atomic E-state index is 5.34. The van der Waals surface area contributed by atoms with Gasteiger partial charge in [0.25, 0.3) is 0 Å². The molecule has 2 aliphatic rings. The van der Waals surface area contributed by atoms with E-state index in [0.29, 0.717) is 25.1 Å². The molecule has 270 valence electrons. The van der Waals surface area contributed by atoms with Gasteiger partial charge in [-0.2, -0.15) is 0 Å². The third-order valence-corrected chi connectivity index (χ3v) is 14.0. The van der Waals surface area contributed by atoms with Crippen LogP contribution in [0.4, 0.5) is 0 Å². The minimum atomic E-state index is 0.256. The average molecular weight is 706 g/mol. The molecule has 0 saturated carbocycles. The van der Waals surface area contributed by atoms with Crippen LogP contribution in [-0.4, -0.2) is 28.4 Å². The molecule has 8 rings (SSSR count). The van der Waals surface area contributed by atoms with Gasteiger partial charge in [0.2, 0.25) is 0 Å². The Balaban J connectivity index is 1.31. The summed E-state index contributed by atoms with van der Waals surface area (Å²) < 4.78 is 0. The molecule has 0 unspecified atom stereocenters. The lowest BCUT2D eigenvalue weighted by Gasteiger charge is -2.35. The summed E-state index contributed by atoms with van der Waals surface area (Å²) in [6.07, 6.45) is 4.71. The van der Waals surface area contributed by atoms with Crippen LogP contribution in [0, 0.1) is 21.7 Å². The predicted molar refractivity (Wildman–Crippen MR) is 232 cm³/mol. The zero-order valence-corrected chi connectivity index (χ0v) is 33.4. The van der Waals surface area contributed by atoms with Gasteiger partial charge in [-0.05, 0) is 56.0 Å². The van der Waals surface area contributed by atoms with Crippen LogP contribution < -0.4 is 10.9 Å². The van der Waals surface area contributed by atoms with Crippen molar-refractivity contribution in [3.63, 3.8) is 0 Å². The zero-order chi connectivity index (χ0) is 37.9. The first-order valence-electron chi connectivity index (χ1n) is 19.9. The highest BCUT2D eigenvalue weighted by Gasteiger charge is 2.50. The monoisotopic (exact) mass is 705 g/mol. The number of benzene rings is 5. The van der Waals surface area contributed by atoms with Crippen LogP contribution in [0.2, 0.25) is 25.3 Å². The highest BCUT2D eigenvalue weighted by Crippen LogP contribution is 2.54. The molecule has 1 aromatic heterocycles. The lowest BCUT2D eigenvalue weighted by molar-refractivity contribution is 0.177. The fraction of sp³-hybridized carbons (Fsp3) is 0.327. The second-order valence-electron chi connectivity index (χ2n) is 18.8. The molecule has 0 spiro atoms. The van der Waals surface area contributed by atoms with Crippen molar-refractivity contribution in [2.45, 2.75) is 80.7 Å². The SMILES string of the molecule is CC1(C)CB(c2cc(B3CC(C)(C)C(C)(C)C3)cc(-c3nc(-c4cccc(-c5ccccc5)c4)nc(-c4cccc(-c5ccccc5)c4)n3)c2)CC1(C)C. The van der Waals surface area contributed by atoms with Crippen molar-refractivity contribution in [3.05, 3.63) is 127 Å². The number of aromatic nitrogens is 3. The third kappa shape index (κ3) is 6.87. The predicted octanol–water partition coefficient (Wildman–Crippen LogP) is 11.7. The van der Waals surface area contributed by atoms with E-state index in [-0.39, 0.29) is 21.7 Å². The van der Waals surface area contributed by atoms with Gasteiger partial charge in [0, 0.05) is 16.7 Å². The highest BCUT2D eigenvalue weighted by molar-refractivity contribution is 6.77. The Morgan fingerprint density at radius 3 is 1.02 bits per heavy atom. The van der Waals surface area contributed by atoms with Crippen molar-refractivity contribution < 1.29 is 0 Å². The summed E-state index contributed by atoms with van der Waals surface area (Å²) in [5.41, 5.74) is 11.6. The largest absolute Gasteiger partial charge is 0.208 e. The van der Waals surface area contributed by atoms with Gasteiger partial charge in [-0.15, -0.1) is 0 Å². The van der Waals surface area contributed by atoms with E-state index < -0.39 is 0 Å². The Bertz CT molecular complexity index is 2120. The second-order valence-corrected chi connectivity index (χ2v) is 18.8. The van der Waals surface area contributed by atoms with Gasteiger partial charge < -0.3 is 0 Å². The number of hydrogen-bond donors (Lipinski definition) is 0. The van der Waals surface area contributed by atoms with Gasteiger partial charge in [-0.1, -0.05) is 207 Å². The van der Waals surface area contributed by atoms with Crippen LogP contribution in [0.25, 0.3) is 56.4 Å². The van der Waals surface area contributed by atoms with Crippen molar-refractivity contribution in [3.8, 4) is 56.4 Å². The molecular weight excluding hydrogens is 652 g/mol. The third-order valence-electron chi connectivity index (χ3n) is 14.0. The highest BCUT2D eigenvalue weighted by atomic mass is 15.0. The molecule has 5 aromatic carbocycles. The van der Waals surface area contributed by atoms with Crippen LogP contribution in [0.1, 0.15) is 55.4 Å². The number of nitrogens with zero attached hydrogens (tertiary/aromatic N) is 3. The Morgan fingerprint density at radius 1 is 0.333 bits per heavy atom. The van der Waals surface area contributed by atoms with E-state index in [1.54, 1.807) is 0 Å². The van der Waals surface area contributed by atoms with Crippen LogP contribution in [-0.2, 0) is 0 Å². The molecule has 0 N–H and O–H groups in total. The van der Waals surface area contributed by atoms with Gasteiger partial charge in [-0.25, -0.2) is 15.0 Å². The lowest BCUT2D eigenvalue weighted by Crippen LogP contribution is -2.36. The van der Waals surface area contributed by atoms with Crippen LogP contribution in [0.5, 0.6) is 0 Å². The smallest absolute Gasteiger partial charge is 0.176 e. The van der Waals surface area contributed by atoms with Crippen LogP contribution >= 0.6 is 0 Å². The fourth-order valence-electron chi connectivity index (χ4n) is 9.16. The van der Waals surface area contributed by atoms with Crippen molar-refractivity contribution >= 4 is 24.4 Å². The Morgan fingerprint density at radius 2 is 0.648 bits per heavy atom. The van der Waals surface area contributed by atoms with Crippen molar-refractivity contribution in [1.29, 1.82) is 0 Å². The van der Waals surface area contributed by atoms with Gasteiger partial charge in [-0.3, -0.25) is 0 Å². The normalized spacial score (nSPS) is 18.2. The maximum Gasteiger partial charge on any atom is 0.176 e. The first kappa shape index (κ1) is 36.2. The molecule has 2 saturated heterocycles. The summed E-state index contributed by atoms with van der Waals surface area (Å²) in [6, 6.07) is 45.7. The molecule has 5 heteroatoms. The van der Waals surface area contributed by atoms with E-state index in [1.807, 2.05) is 0 Å². The quantitative estimate of drug-likeness (QED) is 0.155. The first-order chi connectivity index (χ1) is 25.7. The molecule has 0 bridgehead atoms. The molecule has 2 aliphatic heterocycles. The van der Waals surface area contributed by atoms with E-state index in [9.17, 15) is 0 Å². The molecule has 0 atom stereocenters. The molecule has 3 heterocycles. The minimum Gasteiger partial charge on any atom is -0.208 e. The van der Waals surface area contributed by atoms with E-state index in [2.05, 4.69) is 183 Å². The zero-order valence-electron chi connectivity index (χ0n) is 33.4. The molecular formula is C49H53B2N3. The lowest BCUT2D eigenvalue weighted by atomic mass is 9.38. The van der Waals surface area contributed by atoms with Gasteiger partial charge >= 0.3 is 0 Å². The van der Waals surface area contributed by atoms with E-state index in [1.165, 1.54) is 47.3 Å². The van der Waals surface area contributed by atoms with Gasteiger partial charge in [0.15, 0.2) is 30.9 Å². The van der Waals surface area contributed by atoms with E-state index >= 15 is 0 Å². The van der Waals surface area contributed by atoms with E-state index in [0.717, 1.165) is 33.6 Å². The van der Waals surface area contributed by atoms with Crippen molar-refractivity contribution in [1.82, 2.24) is 15.0 Å².